The van der Waals surface area contributed by atoms with Crippen molar-refractivity contribution in [2.75, 3.05) is 26.2 Å². The Bertz CT molecular complexity index is 1340. The maximum absolute atomic E-state index is 13.8. The molecular formula is C26H29ClN6OS. The number of carbonyl (C=O) groups excluding carboxylic acids is 1. The highest BCUT2D eigenvalue weighted by Crippen LogP contribution is 2.43. The fourth-order valence-corrected chi connectivity index (χ4v) is 6.95. The number of thiophene rings is 1. The highest BCUT2D eigenvalue weighted by Gasteiger charge is 2.51. The van der Waals surface area contributed by atoms with Gasteiger partial charge in [-0.05, 0) is 44.9 Å². The number of aliphatic imine (C=N–C) groups is 1. The zero-order valence-electron chi connectivity index (χ0n) is 20.4. The van der Waals surface area contributed by atoms with Crippen molar-refractivity contribution < 1.29 is 4.79 Å². The van der Waals surface area contributed by atoms with Gasteiger partial charge in [-0.3, -0.25) is 14.4 Å². The second-order valence-corrected chi connectivity index (χ2v) is 11.8. The van der Waals surface area contributed by atoms with E-state index in [2.05, 4.69) is 40.9 Å². The van der Waals surface area contributed by atoms with Gasteiger partial charge in [0.2, 0.25) is 5.91 Å². The maximum atomic E-state index is 13.8. The first-order valence-electron chi connectivity index (χ1n) is 12.2. The fourth-order valence-electron chi connectivity index (χ4n) is 5.61. The molecule has 2 aromatic heterocycles. The van der Waals surface area contributed by atoms with E-state index in [0.717, 1.165) is 59.7 Å². The number of hydrogen-bond donors (Lipinski definition) is 1. The summed E-state index contributed by atoms with van der Waals surface area (Å²) in [6, 6.07) is 7.40. The molecule has 1 spiro atoms. The number of likely N-dealkylation sites (tertiary alicyclic amines) is 1. The third kappa shape index (κ3) is 3.49. The summed E-state index contributed by atoms with van der Waals surface area (Å²) in [4.78, 5) is 22.4. The Labute approximate surface area is 214 Å². The van der Waals surface area contributed by atoms with Gasteiger partial charge in [-0.25, -0.2) is 0 Å². The van der Waals surface area contributed by atoms with Gasteiger partial charge in [0.25, 0.3) is 0 Å². The lowest BCUT2D eigenvalue weighted by Gasteiger charge is -2.56. The van der Waals surface area contributed by atoms with Crippen LogP contribution in [0.25, 0.3) is 5.00 Å². The quantitative estimate of drug-likeness (QED) is 0.571. The summed E-state index contributed by atoms with van der Waals surface area (Å²) in [6.07, 6.45) is 0.681. The average molecular weight is 509 g/mol. The summed E-state index contributed by atoms with van der Waals surface area (Å²) >= 11 is 7.95. The number of aryl methyl sites for hydroxylation is 2. The summed E-state index contributed by atoms with van der Waals surface area (Å²) in [5.74, 6) is 1.42. The molecule has 182 valence electrons. The topological polar surface area (TPSA) is 75.4 Å². The Balaban J connectivity index is 1.50. The van der Waals surface area contributed by atoms with E-state index in [9.17, 15) is 4.79 Å². The number of halogens is 1. The van der Waals surface area contributed by atoms with Crippen LogP contribution in [0.4, 0.5) is 0 Å². The predicted molar refractivity (Wildman–Crippen MR) is 139 cm³/mol. The minimum Gasteiger partial charge on any atom is -0.341 e. The first-order valence-corrected chi connectivity index (χ1v) is 13.4. The van der Waals surface area contributed by atoms with Crippen molar-refractivity contribution in [3.63, 3.8) is 0 Å². The molecule has 0 unspecified atom stereocenters. The Kier molecular flexibility index (Phi) is 5.39. The average Bonchev–Trinajstić information content (AvgIpc) is 3.24. The predicted octanol–water partition coefficient (Wildman–Crippen LogP) is 4.26. The van der Waals surface area contributed by atoms with E-state index in [1.54, 1.807) is 11.3 Å². The largest absolute Gasteiger partial charge is 0.341 e. The number of hydrogen-bond acceptors (Lipinski definition) is 6. The number of aromatic nitrogens is 3. The number of amides is 1. The molecule has 6 rings (SSSR count). The summed E-state index contributed by atoms with van der Waals surface area (Å²) < 4.78 is 2.13. The molecule has 2 atom stereocenters. The van der Waals surface area contributed by atoms with Crippen LogP contribution in [0.1, 0.15) is 52.6 Å². The van der Waals surface area contributed by atoms with Gasteiger partial charge in [0, 0.05) is 52.6 Å². The zero-order valence-corrected chi connectivity index (χ0v) is 22.0. The summed E-state index contributed by atoms with van der Waals surface area (Å²) in [6.45, 7) is 12.0. The summed E-state index contributed by atoms with van der Waals surface area (Å²) in [7, 11) is 0. The SMILES string of the molecule is CC[C@@H](C(=O)N1CC2(CNC2)C1)[C@@H]1N=C(c2ccc(Cl)cc2)c2c(sc(C)c2C)-n2c(C)nnc21. The Hall–Kier alpha value is -2.55. The van der Waals surface area contributed by atoms with Crippen molar-refractivity contribution in [2.45, 2.75) is 40.2 Å². The second kappa shape index (κ2) is 8.25. The van der Waals surface area contributed by atoms with Crippen molar-refractivity contribution in [3.05, 3.63) is 62.5 Å². The number of nitrogens with zero attached hydrogens (tertiary/aromatic N) is 5. The van der Waals surface area contributed by atoms with Gasteiger partial charge in [0.05, 0.1) is 11.6 Å². The van der Waals surface area contributed by atoms with E-state index < -0.39 is 6.04 Å². The lowest BCUT2D eigenvalue weighted by Crippen LogP contribution is -2.72. The third-order valence-corrected chi connectivity index (χ3v) is 9.25. The van der Waals surface area contributed by atoms with Crippen LogP contribution >= 0.6 is 22.9 Å². The molecule has 0 saturated carbocycles. The first kappa shape index (κ1) is 22.9. The molecule has 7 nitrogen and oxygen atoms in total. The van der Waals surface area contributed by atoms with Crippen molar-refractivity contribution in [1.82, 2.24) is 25.0 Å². The van der Waals surface area contributed by atoms with E-state index in [0.29, 0.717) is 11.4 Å². The van der Waals surface area contributed by atoms with Gasteiger partial charge in [0.1, 0.15) is 16.9 Å². The normalized spacial score (nSPS) is 20.9. The Morgan fingerprint density at radius 2 is 1.91 bits per heavy atom. The van der Waals surface area contributed by atoms with E-state index in [1.165, 1.54) is 10.4 Å². The van der Waals surface area contributed by atoms with Crippen molar-refractivity contribution in [1.29, 1.82) is 0 Å². The molecule has 2 saturated heterocycles. The van der Waals surface area contributed by atoms with Gasteiger partial charge in [-0.2, -0.15) is 0 Å². The number of fused-ring (bicyclic) bond motifs is 3. The minimum absolute atomic E-state index is 0.166. The molecular weight excluding hydrogens is 480 g/mol. The fraction of sp³-hybridized carbons (Fsp3) is 0.462. The van der Waals surface area contributed by atoms with Gasteiger partial charge < -0.3 is 10.2 Å². The second-order valence-electron chi connectivity index (χ2n) is 10.1. The number of rotatable bonds is 4. The maximum Gasteiger partial charge on any atom is 0.228 e. The summed E-state index contributed by atoms with van der Waals surface area (Å²) in [5, 5.41) is 14.1. The smallest absolute Gasteiger partial charge is 0.228 e. The molecule has 2 fully saturated rings. The van der Waals surface area contributed by atoms with Crippen molar-refractivity contribution in [2.24, 2.45) is 16.3 Å². The molecule has 3 aliphatic rings. The van der Waals surface area contributed by atoms with Gasteiger partial charge in [-0.1, -0.05) is 30.7 Å². The molecule has 3 aliphatic heterocycles. The molecule has 1 aromatic carbocycles. The highest BCUT2D eigenvalue weighted by atomic mass is 35.5. The van der Waals surface area contributed by atoms with Crippen LogP contribution in [0.2, 0.25) is 5.02 Å². The molecule has 5 heterocycles. The molecule has 0 bridgehead atoms. The van der Waals surface area contributed by atoms with Crippen LogP contribution < -0.4 is 5.32 Å². The monoisotopic (exact) mass is 508 g/mol. The van der Waals surface area contributed by atoms with Gasteiger partial charge in [-0.15, -0.1) is 21.5 Å². The van der Waals surface area contributed by atoms with E-state index in [1.807, 2.05) is 36.1 Å². The summed E-state index contributed by atoms with van der Waals surface area (Å²) in [5.41, 5.74) is 4.45. The standard InChI is InChI=1S/C26H29ClN6OS/c1-5-19(24(34)32-12-26(13-32)10-28-11-26)22-23-31-30-16(4)33(23)25-20(14(2)15(3)35-25)21(29-22)17-6-8-18(27)9-7-17/h6-9,19,22,28H,5,10-13H2,1-4H3/t19-,22+/m1/s1. The van der Waals surface area contributed by atoms with Crippen LogP contribution in [-0.4, -0.2) is 57.5 Å². The lowest BCUT2D eigenvalue weighted by molar-refractivity contribution is -0.152. The van der Waals surface area contributed by atoms with Crippen LogP contribution in [-0.2, 0) is 4.79 Å². The molecule has 0 aliphatic carbocycles. The van der Waals surface area contributed by atoms with Crippen LogP contribution in [0.15, 0.2) is 29.3 Å². The first-order chi connectivity index (χ1) is 16.8. The van der Waals surface area contributed by atoms with Crippen LogP contribution in [0.3, 0.4) is 0 Å². The zero-order chi connectivity index (χ0) is 24.5. The number of nitrogens with one attached hydrogen (secondary N) is 1. The molecule has 1 N–H and O–H groups in total. The number of carbonyl (C=O) groups is 1. The number of benzene rings is 1. The molecule has 35 heavy (non-hydrogen) atoms. The third-order valence-electron chi connectivity index (χ3n) is 7.81. The van der Waals surface area contributed by atoms with E-state index in [-0.39, 0.29) is 17.2 Å². The Morgan fingerprint density at radius 3 is 2.54 bits per heavy atom. The van der Waals surface area contributed by atoms with Gasteiger partial charge >= 0.3 is 0 Å². The highest BCUT2D eigenvalue weighted by molar-refractivity contribution is 7.15. The van der Waals surface area contributed by atoms with Crippen LogP contribution in [0.5, 0.6) is 0 Å². The lowest BCUT2D eigenvalue weighted by atomic mass is 9.73. The Morgan fingerprint density at radius 1 is 1.20 bits per heavy atom. The molecule has 0 radical (unpaired) electrons. The molecule has 1 amide bonds. The molecule has 3 aromatic rings. The van der Waals surface area contributed by atoms with Crippen molar-refractivity contribution >= 4 is 34.6 Å². The molecule has 9 heteroatoms. The van der Waals surface area contributed by atoms with Crippen molar-refractivity contribution in [3.8, 4) is 5.00 Å². The van der Waals surface area contributed by atoms with Crippen LogP contribution in [0, 0.1) is 32.1 Å². The minimum atomic E-state index is -0.422. The van der Waals surface area contributed by atoms with Gasteiger partial charge in [0.15, 0.2) is 5.82 Å². The van der Waals surface area contributed by atoms with E-state index in [4.69, 9.17) is 16.6 Å². The van der Waals surface area contributed by atoms with E-state index >= 15 is 0 Å².